The number of carbonyl (C=O) groups excluding carboxylic acids is 1. The predicted molar refractivity (Wildman–Crippen MR) is 81.4 cm³/mol. The highest BCUT2D eigenvalue weighted by Crippen LogP contribution is 2.36. The maximum Gasteiger partial charge on any atom is 0.191 e. The number of rotatable bonds is 3. The lowest BCUT2D eigenvalue weighted by atomic mass is 10.3. The van der Waals surface area contributed by atoms with E-state index in [1.165, 1.54) is 24.2 Å². The van der Waals surface area contributed by atoms with E-state index < -0.39 is 0 Å². The molecule has 4 nitrogen and oxygen atoms in total. The van der Waals surface area contributed by atoms with E-state index in [0.717, 1.165) is 26.7 Å². The van der Waals surface area contributed by atoms with Gasteiger partial charge in [-0.05, 0) is 44.0 Å². The molecule has 1 saturated carbocycles. The number of nitrogens with two attached hydrogens (primary N) is 1. The molecule has 0 aliphatic heterocycles. The fraction of sp³-hybridized carbons (Fsp3) is 0.333. The molecule has 2 aromatic rings. The zero-order valence-electron chi connectivity index (χ0n) is 11.6. The van der Waals surface area contributed by atoms with E-state index in [2.05, 4.69) is 9.56 Å². The van der Waals surface area contributed by atoms with Gasteiger partial charge in [0.2, 0.25) is 0 Å². The summed E-state index contributed by atoms with van der Waals surface area (Å²) in [5.74, 6) is 0.112. The van der Waals surface area contributed by atoms with E-state index in [9.17, 15) is 4.79 Å². The number of thiazole rings is 1. The predicted octanol–water partition coefficient (Wildman–Crippen LogP) is 3.21. The smallest absolute Gasteiger partial charge is 0.191 e. The molecule has 0 saturated heterocycles. The highest BCUT2D eigenvalue weighted by atomic mass is 32.1. The second-order valence-corrected chi connectivity index (χ2v) is 6.14. The Labute approximate surface area is 121 Å². The number of benzene rings is 1. The SMILES string of the molecule is CC(=O)c1sc(=Nc2ccc(N)cc2)n(C2CC2)c1C. The van der Waals surface area contributed by atoms with Gasteiger partial charge >= 0.3 is 0 Å². The Morgan fingerprint density at radius 2 is 2.00 bits per heavy atom. The van der Waals surface area contributed by atoms with E-state index in [0.29, 0.717) is 6.04 Å². The van der Waals surface area contributed by atoms with Crippen LogP contribution in [0.2, 0.25) is 0 Å². The van der Waals surface area contributed by atoms with Crippen LogP contribution in [0.3, 0.4) is 0 Å². The van der Waals surface area contributed by atoms with E-state index >= 15 is 0 Å². The summed E-state index contributed by atoms with van der Waals surface area (Å²) in [6.45, 7) is 3.62. The van der Waals surface area contributed by atoms with Crippen LogP contribution in [0.1, 0.15) is 41.2 Å². The first kappa shape index (κ1) is 13.1. The van der Waals surface area contributed by atoms with Gasteiger partial charge in [0.1, 0.15) is 0 Å². The van der Waals surface area contributed by atoms with Crippen LogP contribution in [-0.2, 0) is 0 Å². The van der Waals surface area contributed by atoms with Crippen LogP contribution in [0.15, 0.2) is 29.3 Å². The Morgan fingerprint density at radius 1 is 1.35 bits per heavy atom. The number of Topliss-reactive ketones (excluding diaryl/α,β-unsaturated/α-hetero) is 1. The molecule has 104 valence electrons. The summed E-state index contributed by atoms with van der Waals surface area (Å²) in [6, 6.07) is 7.98. The lowest BCUT2D eigenvalue weighted by molar-refractivity contribution is 0.102. The molecular weight excluding hydrogens is 270 g/mol. The van der Waals surface area contributed by atoms with Crippen molar-refractivity contribution in [2.24, 2.45) is 4.99 Å². The van der Waals surface area contributed by atoms with Gasteiger partial charge in [-0.1, -0.05) is 11.3 Å². The summed E-state index contributed by atoms with van der Waals surface area (Å²) in [4.78, 5) is 18.1. The molecule has 0 atom stereocenters. The number of hydrogen-bond acceptors (Lipinski definition) is 4. The molecule has 0 spiro atoms. The monoisotopic (exact) mass is 287 g/mol. The Bertz CT molecular complexity index is 721. The second-order valence-electron chi connectivity index (χ2n) is 5.16. The number of hydrogen-bond donors (Lipinski definition) is 1. The van der Waals surface area contributed by atoms with Gasteiger partial charge in [0.05, 0.1) is 10.6 Å². The lowest BCUT2D eigenvalue weighted by Gasteiger charge is -2.03. The molecule has 1 aromatic heterocycles. The van der Waals surface area contributed by atoms with Gasteiger partial charge in [-0.3, -0.25) is 4.79 Å². The average Bonchev–Trinajstić information content (AvgIpc) is 3.17. The summed E-state index contributed by atoms with van der Waals surface area (Å²) >= 11 is 1.48. The quantitative estimate of drug-likeness (QED) is 0.696. The van der Waals surface area contributed by atoms with Crippen molar-refractivity contribution in [2.75, 3.05) is 5.73 Å². The van der Waals surface area contributed by atoms with Gasteiger partial charge in [0.15, 0.2) is 10.6 Å². The van der Waals surface area contributed by atoms with Crippen molar-refractivity contribution in [3.63, 3.8) is 0 Å². The van der Waals surface area contributed by atoms with E-state index in [-0.39, 0.29) is 5.78 Å². The van der Waals surface area contributed by atoms with E-state index in [1.54, 1.807) is 6.92 Å². The van der Waals surface area contributed by atoms with E-state index in [1.807, 2.05) is 31.2 Å². The second kappa shape index (κ2) is 4.90. The van der Waals surface area contributed by atoms with Crippen LogP contribution < -0.4 is 10.5 Å². The highest BCUT2D eigenvalue weighted by molar-refractivity contribution is 7.11. The summed E-state index contributed by atoms with van der Waals surface area (Å²) in [5, 5.41) is 0. The number of nitrogen functional groups attached to an aromatic ring is 1. The van der Waals surface area contributed by atoms with Crippen molar-refractivity contribution >= 4 is 28.5 Å². The molecule has 1 aromatic carbocycles. The molecule has 5 heteroatoms. The van der Waals surface area contributed by atoms with Gasteiger partial charge < -0.3 is 10.3 Å². The summed E-state index contributed by atoms with van der Waals surface area (Å²) in [6.07, 6.45) is 2.34. The topological polar surface area (TPSA) is 60.4 Å². The summed E-state index contributed by atoms with van der Waals surface area (Å²) in [5.41, 5.74) is 8.32. The molecule has 1 fully saturated rings. The average molecular weight is 287 g/mol. The van der Waals surface area contributed by atoms with Gasteiger partial charge in [-0.2, -0.15) is 0 Å². The van der Waals surface area contributed by atoms with Crippen molar-refractivity contribution in [2.45, 2.75) is 32.7 Å². The Hall–Kier alpha value is -1.88. The third-order valence-electron chi connectivity index (χ3n) is 3.44. The van der Waals surface area contributed by atoms with E-state index in [4.69, 9.17) is 5.73 Å². The zero-order valence-corrected chi connectivity index (χ0v) is 12.4. The zero-order chi connectivity index (χ0) is 14.3. The van der Waals surface area contributed by atoms with Crippen LogP contribution in [0, 0.1) is 6.92 Å². The van der Waals surface area contributed by atoms with Crippen LogP contribution in [0.4, 0.5) is 11.4 Å². The first-order valence-corrected chi connectivity index (χ1v) is 7.51. The first-order chi connectivity index (χ1) is 9.56. The number of aromatic nitrogens is 1. The van der Waals surface area contributed by atoms with Gasteiger partial charge in [0.25, 0.3) is 0 Å². The Balaban J connectivity index is 2.14. The summed E-state index contributed by atoms with van der Waals surface area (Å²) < 4.78 is 2.21. The molecule has 0 radical (unpaired) electrons. The molecule has 0 amide bonds. The van der Waals surface area contributed by atoms with Crippen LogP contribution in [0.25, 0.3) is 0 Å². The van der Waals surface area contributed by atoms with Gasteiger partial charge in [-0.25, -0.2) is 4.99 Å². The third-order valence-corrected chi connectivity index (χ3v) is 4.70. The van der Waals surface area contributed by atoms with Crippen molar-refractivity contribution in [3.8, 4) is 0 Å². The Morgan fingerprint density at radius 3 is 2.55 bits per heavy atom. The number of ketones is 1. The molecule has 3 rings (SSSR count). The first-order valence-electron chi connectivity index (χ1n) is 6.69. The van der Waals surface area contributed by atoms with Crippen molar-refractivity contribution in [1.29, 1.82) is 0 Å². The number of nitrogens with zero attached hydrogens (tertiary/aromatic N) is 2. The normalized spacial score (nSPS) is 15.6. The molecule has 0 unspecified atom stereocenters. The fourth-order valence-corrected chi connectivity index (χ4v) is 3.40. The molecule has 1 aliphatic carbocycles. The molecule has 1 aliphatic rings. The van der Waals surface area contributed by atoms with Crippen LogP contribution in [-0.4, -0.2) is 10.4 Å². The fourth-order valence-electron chi connectivity index (χ4n) is 2.29. The molecular formula is C15H17N3OS. The third kappa shape index (κ3) is 2.41. The molecule has 1 heterocycles. The van der Waals surface area contributed by atoms with Gasteiger partial charge in [-0.15, -0.1) is 0 Å². The molecule has 20 heavy (non-hydrogen) atoms. The van der Waals surface area contributed by atoms with Crippen LogP contribution >= 0.6 is 11.3 Å². The van der Waals surface area contributed by atoms with Crippen LogP contribution in [0.5, 0.6) is 0 Å². The maximum atomic E-state index is 11.7. The minimum atomic E-state index is 0.112. The van der Waals surface area contributed by atoms with Crippen molar-refractivity contribution in [1.82, 2.24) is 4.57 Å². The number of carbonyl (C=O) groups is 1. The van der Waals surface area contributed by atoms with Crippen molar-refractivity contribution < 1.29 is 4.79 Å². The molecule has 2 N–H and O–H groups in total. The largest absolute Gasteiger partial charge is 0.399 e. The maximum absolute atomic E-state index is 11.7. The van der Waals surface area contributed by atoms with Gasteiger partial charge in [0, 0.05) is 24.3 Å². The number of anilines is 1. The van der Waals surface area contributed by atoms with Crippen molar-refractivity contribution in [3.05, 3.63) is 39.6 Å². The highest BCUT2D eigenvalue weighted by Gasteiger charge is 2.28. The minimum absolute atomic E-state index is 0.112. The lowest BCUT2D eigenvalue weighted by Crippen LogP contribution is -2.14. The molecule has 0 bridgehead atoms. The standard InChI is InChI=1S/C15H17N3OS/c1-9-14(10(2)19)20-15(18(9)13-7-8-13)17-12-5-3-11(16)4-6-12/h3-6,13H,7-8,16H2,1-2H3. The minimum Gasteiger partial charge on any atom is -0.399 e. The Kier molecular flexibility index (Phi) is 3.22. The summed E-state index contributed by atoms with van der Waals surface area (Å²) in [7, 11) is 0.